The van der Waals surface area contributed by atoms with Gasteiger partial charge in [-0.1, -0.05) is 11.6 Å². The predicted octanol–water partition coefficient (Wildman–Crippen LogP) is 3.25. The van der Waals surface area contributed by atoms with E-state index in [9.17, 15) is 5.11 Å². The highest BCUT2D eigenvalue weighted by atomic mass is 35.5. The lowest BCUT2D eigenvalue weighted by Crippen LogP contribution is -1.95. The summed E-state index contributed by atoms with van der Waals surface area (Å²) < 4.78 is 0. The minimum absolute atomic E-state index is 0.555. The Hall–Kier alpha value is -1.12. The van der Waals surface area contributed by atoms with Gasteiger partial charge >= 0.3 is 0 Å². The topological polar surface area (TPSA) is 33.1 Å². The maximum absolute atomic E-state index is 9.64. The molecule has 0 bridgehead atoms. The van der Waals surface area contributed by atoms with Crippen LogP contribution in [0, 0.1) is 6.92 Å². The van der Waals surface area contributed by atoms with Crippen molar-refractivity contribution in [2.45, 2.75) is 20.0 Å². The van der Waals surface area contributed by atoms with Gasteiger partial charge in [0, 0.05) is 22.2 Å². The van der Waals surface area contributed by atoms with Gasteiger partial charge in [0.25, 0.3) is 0 Å². The van der Waals surface area contributed by atoms with Crippen LogP contribution in [0.3, 0.4) is 0 Å². The number of hydrogen-bond acceptors (Lipinski definition) is 2. The Kier molecular flexibility index (Phi) is 2.63. The smallest absolute Gasteiger partial charge is 0.0783 e. The van der Waals surface area contributed by atoms with Gasteiger partial charge in [-0.3, -0.25) is 4.98 Å². The summed E-state index contributed by atoms with van der Waals surface area (Å²) in [5, 5.41) is 11.3. The van der Waals surface area contributed by atoms with Crippen LogP contribution in [0.4, 0.5) is 0 Å². The molecule has 1 unspecified atom stereocenters. The van der Waals surface area contributed by atoms with E-state index in [1.54, 1.807) is 19.2 Å². The Morgan fingerprint density at radius 3 is 2.80 bits per heavy atom. The second-order valence-electron chi connectivity index (χ2n) is 3.70. The number of halogens is 1. The molecule has 0 fully saturated rings. The summed E-state index contributed by atoms with van der Waals surface area (Å²) in [4.78, 5) is 4.29. The summed E-state index contributed by atoms with van der Waals surface area (Å²) in [5.74, 6) is 0. The molecule has 2 aromatic rings. The molecule has 1 aromatic carbocycles. The van der Waals surface area contributed by atoms with Crippen molar-refractivity contribution in [3.63, 3.8) is 0 Å². The molecule has 1 heterocycles. The maximum Gasteiger partial charge on any atom is 0.0783 e. The van der Waals surface area contributed by atoms with Crippen LogP contribution >= 0.6 is 11.6 Å². The Bertz CT molecular complexity index is 508. The van der Waals surface area contributed by atoms with E-state index in [4.69, 9.17) is 11.6 Å². The normalized spacial score (nSPS) is 13.1. The van der Waals surface area contributed by atoms with E-state index < -0.39 is 6.10 Å². The van der Waals surface area contributed by atoms with Crippen LogP contribution in [0.25, 0.3) is 10.9 Å². The van der Waals surface area contributed by atoms with Crippen LogP contribution in [0.2, 0.25) is 5.02 Å². The van der Waals surface area contributed by atoms with E-state index >= 15 is 0 Å². The molecule has 0 aliphatic carbocycles. The molecule has 1 aromatic heterocycles. The zero-order valence-electron chi connectivity index (χ0n) is 8.66. The maximum atomic E-state index is 9.64. The first-order valence-corrected chi connectivity index (χ1v) is 5.20. The molecule has 1 N–H and O–H groups in total. The number of aryl methyl sites for hydroxylation is 1. The number of nitrogens with zero attached hydrogens (tertiary/aromatic N) is 1. The second-order valence-corrected chi connectivity index (χ2v) is 4.13. The third kappa shape index (κ3) is 1.83. The number of hydrogen-bond donors (Lipinski definition) is 1. The van der Waals surface area contributed by atoms with Gasteiger partial charge in [-0.05, 0) is 37.6 Å². The van der Waals surface area contributed by atoms with Gasteiger partial charge in [0.1, 0.15) is 0 Å². The van der Waals surface area contributed by atoms with Crippen LogP contribution in [-0.4, -0.2) is 10.1 Å². The monoisotopic (exact) mass is 221 g/mol. The summed E-state index contributed by atoms with van der Waals surface area (Å²) in [5.41, 5.74) is 2.72. The zero-order valence-corrected chi connectivity index (χ0v) is 9.42. The van der Waals surface area contributed by atoms with E-state index in [2.05, 4.69) is 4.98 Å². The average molecular weight is 222 g/mol. The van der Waals surface area contributed by atoms with Gasteiger partial charge in [0.15, 0.2) is 0 Å². The van der Waals surface area contributed by atoms with Gasteiger partial charge in [0.05, 0.1) is 11.6 Å². The molecular weight excluding hydrogens is 210 g/mol. The van der Waals surface area contributed by atoms with Gasteiger partial charge < -0.3 is 5.11 Å². The highest BCUT2D eigenvalue weighted by Gasteiger charge is 2.10. The number of aromatic nitrogens is 1. The summed E-state index contributed by atoms with van der Waals surface area (Å²) in [6.45, 7) is 3.72. The highest BCUT2D eigenvalue weighted by molar-refractivity contribution is 6.31. The van der Waals surface area contributed by atoms with Gasteiger partial charge in [-0.2, -0.15) is 0 Å². The molecule has 2 nitrogen and oxygen atoms in total. The van der Waals surface area contributed by atoms with E-state index in [0.29, 0.717) is 5.02 Å². The number of aliphatic hydroxyl groups is 1. The number of rotatable bonds is 1. The Morgan fingerprint density at radius 1 is 1.40 bits per heavy atom. The fourth-order valence-corrected chi connectivity index (χ4v) is 1.92. The molecule has 0 aliphatic heterocycles. The quantitative estimate of drug-likeness (QED) is 0.802. The lowest BCUT2D eigenvalue weighted by Gasteiger charge is -2.10. The Labute approximate surface area is 93.5 Å². The van der Waals surface area contributed by atoms with Gasteiger partial charge in [-0.15, -0.1) is 0 Å². The first-order valence-electron chi connectivity index (χ1n) is 4.82. The molecular formula is C12H12ClNO. The van der Waals surface area contributed by atoms with E-state index in [1.807, 2.05) is 19.1 Å². The van der Waals surface area contributed by atoms with Crippen molar-refractivity contribution in [1.82, 2.24) is 4.98 Å². The summed E-state index contributed by atoms with van der Waals surface area (Å²) in [7, 11) is 0. The van der Waals surface area contributed by atoms with Crippen molar-refractivity contribution < 1.29 is 5.11 Å². The summed E-state index contributed by atoms with van der Waals surface area (Å²) in [6, 6.07) is 5.58. The molecule has 78 valence electrons. The van der Waals surface area contributed by atoms with Crippen LogP contribution in [-0.2, 0) is 0 Å². The van der Waals surface area contributed by atoms with Crippen molar-refractivity contribution in [2.24, 2.45) is 0 Å². The van der Waals surface area contributed by atoms with Crippen molar-refractivity contribution in [1.29, 1.82) is 0 Å². The number of aliphatic hydroxyl groups excluding tert-OH is 1. The van der Waals surface area contributed by atoms with Crippen LogP contribution in [0.5, 0.6) is 0 Å². The molecule has 0 radical (unpaired) electrons. The standard InChI is InChI=1S/C12H12ClNO/c1-7-3-4-14-12-10(7)5-9(13)6-11(12)8(2)15/h3-6,8,15H,1-2H3. The molecule has 0 saturated heterocycles. The fraction of sp³-hybridized carbons (Fsp3) is 0.250. The molecule has 2 rings (SSSR count). The van der Waals surface area contributed by atoms with Crippen molar-refractivity contribution in [3.8, 4) is 0 Å². The molecule has 0 aliphatic rings. The summed E-state index contributed by atoms with van der Waals surface area (Å²) in [6.07, 6.45) is 1.19. The summed E-state index contributed by atoms with van der Waals surface area (Å²) >= 11 is 6.00. The molecule has 3 heteroatoms. The highest BCUT2D eigenvalue weighted by Crippen LogP contribution is 2.28. The Balaban J connectivity index is 2.86. The minimum atomic E-state index is -0.555. The second kappa shape index (κ2) is 3.80. The predicted molar refractivity (Wildman–Crippen MR) is 62.1 cm³/mol. The number of benzene rings is 1. The number of fused-ring (bicyclic) bond motifs is 1. The van der Waals surface area contributed by atoms with Crippen LogP contribution < -0.4 is 0 Å². The average Bonchev–Trinajstić information content (AvgIpc) is 2.18. The third-order valence-electron chi connectivity index (χ3n) is 2.51. The van der Waals surface area contributed by atoms with Gasteiger partial charge in [-0.25, -0.2) is 0 Å². The molecule has 0 saturated carbocycles. The van der Waals surface area contributed by atoms with E-state index in [-0.39, 0.29) is 0 Å². The first kappa shape index (κ1) is 10.4. The SMILES string of the molecule is Cc1ccnc2c(C(C)O)cc(Cl)cc12. The fourth-order valence-electron chi connectivity index (χ4n) is 1.70. The lowest BCUT2D eigenvalue weighted by molar-refractivity contribution is 0.200. The van der Waals surface area contributed by atoms with Crippen molar-refractivity contribution in [3.05, 3.63) is 40.5 Å². The first-order chi connectivity index (χ1) is 7.09. The lowest BCUT2D eigenvalue weighted by atomic mass is 10.0. The van der Waals surface area contributed by atoms with Gasteiger partial charge in [0.2, 0.25) is 0 Å². The van der Waals surface area contributed by atoms with Crippen molar-refractivity contribution in [2.75, 3.05) is 0 Å². The third-order valence-corrected chi connectivity index (χ3v) is 2.73. The minimum Gasteiger partial charge on any atom is -0.389 e. The van der Waals surface area contributed by atoms with Crippen LogP contribution in [0.15, 0.2) is 24.4 Å². The Morgan fingerprint density at radius 2 is 2.13 bits per heavy atom. The van der Waals surface area contributed by atoms with E-state index in [1.165, 1.54) is 0 Å². The van der Waals surface area contributed by atoms with Crippen LogP contribution in [0.1, 0.15) is 24.2 Å². The zero-order chi connectivity index (χ0) is 11.0. The van der Waals surface area contributed by atoms with E-state index in [0.717, 1.165) is 22.0 Å². The molecule has 1 atom stereocenters. The number of pyridine rings is 1. The largest absolute Gasteiger partial charge is 0.389 e. The molecule has 0 spiro atoms. The molecule has 0 amide bonds. The van der Waals surface area contributed by atoms with Crippen molar-refractivity contribution >= 4 is 22.5 Å². The molecule has 15 heavy (non-hydrogen) atoms.